The van der Waals surface area contributed by atoms with Crippen LogP contribution in [0.4, 0.5) is 24.5 Å². The van der Waals surface area contributed by atoms with Crippen molar-refractivity contribution in [2.75, 3.05) is 25.1 Å². The summed E-state index contributed by atoms with van der Waals surface area (Å²) in [5.74, 6) is 0.414. The van der Waals surface area contributed by atoms with E-state index in [2.05, 4.69) is 5.32 Å². The van der Waals surface area contributed by atoms with Crippen LogP contribution in [0.5, 0.6) is 0 Å². The van der Waals surface area contributed by atoms with Crippen molar-refractivity contribution in [3.63, 3.8) is 0 Å². The van der Waals surface area contributed by atoms with Crippen molar-refractivity contribution in [1.29, 1.82) is 0 Å². The largest absolute Gasteiger partial charge is 0.423 e. The minimum absolute atomic E-state index is 0.229. The lowest BCUT2D eigenvalue weighted by atomic mass is 10.1. The predicted molar refractivity (Wildman–Crippen MR) is 70.1 cm³/mol. The molecular weight excluding hydrogens is 289 g/mol. The summed E-state index contributed by atoms with van der Waals surface area (Å²) in [6.45, 7) is 1.90. The topological polar surface area (TPSA) is 64.4 Å². The van der Waals surface area contributed by atoms with Crippen LogP contribution in [0, 0.1) is 16.0 Å². The first-order valence-electron chi connectivity index (χ1n) is 6.55. The van der Waals surface area contributed by atoms with E-state index in [-0.39, 0.29) is 5.69 Å². The quantitative estimate of drug-likeness (QED) is 0.668. The van der Waals surface area contributed by atoms with Crippen LogP contribution in [0.1, 0.15) is 18.4 Å². The van der Waals surface area contributed by atoms with E-state index in [0.717, 1.165) is 31.6 Å². The first-order chi connectivity index (χ1) is 9.88. The molecule has 0 aromatic heterocycles. The summed E-state index contributed by atoms with van der Waals surface area (Å²) >= 11 is 0. The lowest BCUT2D eigenvalue weighted by Crippen LogP contribution is -2.12. The van der Waals surface area contributed by atoms with Crippen LogP contribution in [0.3, 0.4) is 0 Å². The zero-order valence-corrected chi connectivity index (χ0v) is 11.2. The van der Waals surface area contributed by atoms with Gasteiger partial charge < -0.3 is 10.1 Å². The van der Waals surface area contributed by atoms with E-state index >= 15 is 0 Å². The molecule has 5 nitrogen and oxygen atoms in total. The van der Waals surface area contributed by atoms with Crippen LogP contribution >= 0.6 is 0 Å². The standard InChI is InChI=1S/C13H15F3N2O3/c14-13(15,16)11-7-10(1-2-12(11)18(19)20)17-5-3-9-4-6-21-8-9/h1-2,7,9,17H,3-6,8H2. The van der Waals surface area contributed by atoms with Gasteiger partial charge in [0, 0.05) is 31.5 Å². The predicted octanol–water partition coefficient (Wildman–Crippen LogP) is 3.45. The van der Waals surface area contributed by atoms with Gasteiger partial charge >= 0.3 is 6.18 Å². The Labute approximate surface area is 119 Å². The van der Waals surface area contributed by atoms with Gasteiger partial charge in [0.05, 0.1) is 4.92 Å². The van der Waals surface area contributed by atoms with E-state index in [4.69, 9.17) is 4.74 Å². The highest BCUT2D eigenvalue weighted by molar-refractivity contribution is 5.55. The molecule has 1 aliphatic heterocycles. The monoisotopic (exact) mass is 304 g/mol. The molecule has 1 heterocycles. The van der Waals surface area contributed by atoms with Crippen molar-refractivity contribution >= 4 is 11.4 Å². The Hall–Kier alpha value is -1.83. The number of alkyl halides is 3. The molecule has 1 atom stereocenters. The number of hydrogen-bond acceptors (Lipinski definition) is 4. The molecule has 1 N–H and O–H groups in total. The van der Waals surface area contributed by atoms with Crippen LogP contribution in [0.2, 0.25) is 0 Å². The molecule has 0 radical (unpaired) electrons. The lowest BCUT2D eigenvalue weighted by Gasteiger charge is -2.12. The Morgan fingerprint density at radius 3 is 2.76 bits per heavy atom. The number of anilines is 1. The van der Waals surface area contributed by atoms with E-state index in [9.17, 15) is 23.3 Å². The number of ether oxygens (including phenoxy) is 1. The molecule has 0 amide bonds. The van der Waals surface area contributed by atoms with E-state index in [1.54, 1.807) is 0 Å². The average molecular weight is 304 g/mol. The van der Waals surface area contributed by atoms with Crippen LogP contribution in [-0.4, -0.2) is 24.7 Å². The molecule has 1 saturated heterocycles. The Morgan fingerprint density at radius 1 is 1.43 bits per heavy atom. The van der Waals surface area contributed by atoms with E-state index in [1.807, 2.05) is 0 Å². The van der Waals surface area contributed by atoms with Crippen LogP contribution < -0.4 is 5.32 Å². The highest BCUT2D eigenvalue weighted by atomic mass is 19.4. The Balaban J connectivity index is 2.04. The van der Waals surface area contributed by atoms with Gasteiger partial charge in [-0.25, -0.2) is 0 Å². The molecule has 1 unspecified atom stereocenters. The molecule has 1 aliphatic rings. The maximum Gasteiger partial charge on any atom is 0.423 e. The second kappa shape index (κ2) is 6.30. The summed E-state index contributed by atoms with van der Waals surface area (Å²) in [6.07, 6.45) is -3.01. The van der Waals surface area contributed by atoms with Crippen molar-refractivity contribution in [1.82, 2.24) is 0 Å². The molecule has 0 aliphatic carbocycles. The van der Waals surface area contributed by atoms with Gasteiger partial charge in [0.25, 0.3) is 5.69 Å². The van der Waals surface area contributed by atoms with Crippen molar-refractivity contribution in [2.45, 2.75) is 19.0 Å². The van der Waals surface area contributed by atoms with Gasteiger partial charge in [0.15, 0.2) is 0 Å². The zero-order valence-electron chi connectivity index (χ0n) is 11.2. The third-order valence-electron chi connectivity index (χ3n) is 3.40. The number of nitro benzene ring substituents is 1. The summed E-state index contributed by atoms with van der Waals surface area (Å²) in [6, 6.07) is 2.95. The molecule has 1 aromatic carbocycles. The lowest BCUT2D eigenvalue weighted by molar-refractivity contribution is -0.388. The molecule has 116 valence electrons. The smallest absolute Gasteiger partial charge is 0.385 e. The van der Waals surface area contributed by atoms with Crippen molar-refractivity contribution < 1.29 is 22.8 Å². The maximum atomic E-state index is 12.8. The minimum atomic E-state index is -4.75. The van der Waals surface area contributed by atoms with Gasteiger partial charge in [-0.2, -0.15) is 13.2 Å². The second-order valence-corrected chi connectivity index (χ2v) is 4.93. The Kier molecular flexibility index (Phi) is 4.66. The normalized spacial score (nSPS) is 18.7. The number of benzene rings is 1. The third kappa shape index (κ3) is 4.07. The molecule has 21 heavy (non-hydrogen) atoms. The van der Waals surface area contributed by atoms with Crippen LogP contribution in [0.15, 0.2) is 18.2 Å². The van der Waals surface area contributed by atoms with Gasteiger partial charge in [0.1, 0.15) is 5.56 Å². The zero-order chi connectivity index (χ0) is 15.5. The fraction of sp³-hybridized carbons (Fsp3) is 0.538. The molecular formula is C13H15F3N2O3. The first-order valence-corrected chi connectivity index (χ1v) is 6.55. The Bertz CT molecular complexity index is 514. The molecule has 1 aromatic rings. The fourth-order valence-corrected chi connectivity index (χ4v) is 2.26. The molecule has 0 bridgehead atoms. The van der Waals surface area contributed by atoms with Gasteiger partial charge in [-0.3, -0.25) is 10.1 Å². The fourth-order valence-electron chi connectivity index (χ4n) is 2.26. The van der Waals surface area contributed by atoms with Crippen molar-refractivity contribution in [3.8, 4) is 0 Å². The summed E-state index contributed by atoms with van der Waals surface area (Å²) in [4.78, 5) is 9.61. The molecule has 1 fully saturated rings. The summed E-state index contributed by atoms with van der Waals surface area (Å²) in [5, 5.41) is 13.5. The average Bonchev–Trinajstić information content (AvgIpc) is 2.90. The van der Waals surface area contributed by atoms with E-state index in [0.29, 0.717) is 19.1 Å². The van der Waals surface area contributed by atoms with Gasteiger partial charge in [-0.05, 0) is 30.9 Å². The van der Waals surface area contributed by atoms with E-state index < -0.39 is 22.4 Å². The Morgan fingerprint density at radius 2 is 2.19 bits per heavy atom. The third-order valence-corrected chi connectivity index (χ3v) is 3.40. The number of nitrogens with one attached hydrogen (secondary N) is 1. The van der Waals surface area contributed by atoms with Gasteiger partial charge in [-0.15, -0.1) is 0 Å². The number of halogens is 3. The number of rotatable bonds is 5. The van der Waals surface area contributed by atoms with Gasteiger partial charge in [0.2, 0.25) is 0 Å². The number of hydrogen-bond donors (Lipinski definition) is 1. The van der Waals surface area contributed by atoms with Gasteiger partial charge in [-0.1, -0.05) is 0 Å². The minimum Gasteiger partial charge on any atom is -0.385 e. The molecule has 0 spiro atoms. The highest BCUT2D eigenvalue weighted by Crippen LogP contribution is 2.37. The molecule has 0 saturated carbocycles. The number of nitro groups is 1. The highest BCUT2D eigenvalue weighted by Gasteiger charge is 2.38. The van der Waals surface area contributed by atoms with Crippen molar-refractivity contribution in [2.24, 2.45) is 5.92 Å². The van der Waals surface area contributed by atoms with Crippen LogP contribution in [-0.2, 0) is 10.9 Å². The SMILES string of the molecule is O=[N+]([O-])c1ccc(NCCC2CCOC2)cc1C(F)(F)F. The molecule has 8 heteroatoms. The maximum absolute atomic E-state index is 12.8. The van der Waals surface area contributed by atoms with E-state index in [1.165, 1.54) is 6.07 Å². The summed E-state index contributed by atoms with van der Waals surface area (Å²) < 4.78 is 43.6. The van der Waals surface area contributed by atoms with Crippen LogP contribution in [0.25, 0.3) is 0 Å². The summed E-state index contributed by atoms with van der Waals surface area (Å²) in [7, 11) is 0. The number of nitrogens with zero attached hydrogens (tertiary/aromatic N) is 1. The second-order valence-electron chi connectivity index (χ2n) is 4.93. The summed E-state index contributed by atoms with van der Waals surface area (Å²) in [5.41, 5.74) is -1.94. The first kappa shape index (κ1) is 15.6. The van der Waals surface area contributed by atoms with Crippen molar-refractivity contribution in [3.05, 3.63) is 33.9 Å². The molecule has 2 rings (SSSR count).